The van der Waals surface area contributed by atoms with Crippen LogP contribution in [0.15, 0.2) is 42.5 Å². The Bertz CT molecular complexity index is 857. The number of halogens is 2. The van der Waals surface area contributed by atoms with Gasteiger partial charge in [-0.25, -0.2) is 4.39 Å². The Morgan fingerprint density at radius 2 is 1.93 bits per heavy atom. The number of benzene rings is 2. The van der Waals surface area contributed by atoms with E-state index in [1.54, 1.807) is 13.2 Å². The molecule has 2 heterocycles. The predicted molar refractivity (Wildman–Crippen MR) is 107 cm³/mol. The molecule has 0 bridgehead atoms. The van der Waals surface area contributed by atoms with E-state index in [0.29, 0.717) is 17.6 Å². The quantitative estimate of drug-likeness (QED) is 0.804. The maximum atomic E-state index is 13.4. The van der Waals surface area contributed by atoms with Gasteiger partial charge in [-0.05, 0) is 35.9 Å². The van der Waals surface area contributed by atoms with Crippen LogP contribution in [0.4, 0.5) is 10.1 Å². The summed E-state index contributed by atoms with van der Waals surface area (Å²) in [6.07, 6.45) is 0. The van der Waals surface area contributed by atoms with Crippen molar-refractivity contribution in [3.8, 4) is 5.75 Å². The van der Waals surface area contributed by atoms with Crippen molar-refractivity contribution in [3.63, 3.8) is 0 Å². The highest BCUT2D eigenvalue weighted by atomic mass is 35.5. The van der Waals surface area contributed by atoms with E-state index in [2.05, 4.69) is 27.2 Å². The van der Waals surface area contributed by atoms with E-state index in [9.17, 15) is 9.18 Å². The average Bonchev–Trinajstić information content (AvgIpc) is 2.57. The number of hydrogen-bond donors (Lipinski definition) is 1. The first-order chi connectivity index (χ1) is 13.4. The van der Waals surface area contributed by atoms with Crippen LogP contribution in [0, 0.1) is 11.2 Å². The van der Waals surface area contributed by atoms with E-state index in [1.165, 1.54) is 17.7 Å². The van der Waals surface area contributed by atoms with Crippen LogP contribution in [0.3, 0.4) is 0 Å². The lowest BCUT2D eigenvalue weighted by Crippen LogP contribution is -2.72. The molecule has 0 saturated carbocycles. The van der Waals surface area contributed by atoms with Crippen LogP contribution in [-0.4, -0.2) is 55.5 Å². The number of amides is 1. The second-order valence-corrected chi connectivity index (χ2v) is 8.28. The van der Waals surface area contributed by atoms with Gasteiger partial charge in [0, 0.05) is 48.8 Å². The Morgan fingerprint density at radius 3 is 2.64 bits per heavy atom. The minimum Gasteiger partial charge on any atom is -0.497 e. The Morgan fingerprint density at radius 1 is 1.18 bits per heavy atom. The number of anilines is 1. The van der Waals surface area contributed by atoms with Gasteiger partial charge in [0.1, 0.15) is 11.6 Å². The topological polar surface area (TPSA) is 44.8 Å². The Balaban J connectivity index is 1.20. The van der Waals surface area contributed by atoms with Crippen molar-refractivity contribution in [2.45, 2.75) is 6.54 Å². The van der Waals surface area contributed by atoms with Gasteiger partial charge >= 0.3 is 0 Å². The van der Waals surface area contributed by atoms with Gasteiger partial charge < -0.3 is 10.1 Å². The van der Waals surface area contributed by atoms with Crippen LogP contribution in [0.5, 0.6) is 5.75 Å². The number of nitrogens with zero attached hydrogens (tertiary/aromatic N) is 2. The molecule has 2 aromatic carbocycles. The summed E-state index contributed by atoms with van der Waals surface area (Å²) in [4.78, 5) is 16.7. The summed E-state index contributed by atoms with van der Waals surface area (Å²) in [7, 11) is 1.68. The molecule has 2 saturated heterocycles. The molecular formula is C21H23ClFN3O2. The molecule has 7 heteroatoms. The largest absolute Gasteiger partial charge is 0.497 e. The lowest BCUT2D eigenvalue weighted by molar-refractivity contribution is -0.134. The first-order valence-corrected chi connectivity index (χ1v) is 9.64. The fraction of sp³-hybridized carbons (Fsp3) is 0.381. The smallest absolute Gasteiger partial charge is 0.238 e. The second kappa shape index (κ2) is 7.70. The van der Waals surface area contributed by atoms with Crippen LogP contribution in [0.2, 0.25) is 5.02 Å². The number of carbonyl (C=O) groups excluding carboxylic acids is 1. The SMILES string of the molecule is COc1cccc(CN2CC3(CN(CC(=O)Nc4cc(F)cc(Cl)c4)C3)C2)c1. The molecule has 1 N–H and O–H groups in total. The Kier molecular flexibility index (Phi) is 5.27. The van der Waals surface area contributed by atoms with Gasteiger partial charge in [-0.3, -0.25) is 14.6 Å². The van der Waals surface area contributed by atoms with E-state index in [1.807, 2.05) is 12.1 Å². The van der Waals surface area contributed by atoms with E-state index in [-0.39, 0.29) is 10.9 Å². The van der Waals surface area contributed by atoms with Crippen molar-refractivity contribution in [1.29, 1.82) is 0 Å². The van der Waals surface area contributed by atoms with Gasteiger partial charge in [-0.1, -0.05) is 23.7 Å². The van der Waals surface area contributed by atoms with Gasteiger partial charge in [-0.15, -0.1) is 0 Å². The van der Waals surface area contributed by atoms with Crippen LogP contribution < -0.4 is 10.1 Å². The summed E-state index contributed by atoms with van der Waals surface area (Å²) in [5.41, 5.74) is 1.94. The summed E-state index contributed by atoms with van der Waals surface area (Å²) in [6.45, 7) is 5.15. The van der Waals surface area contributed by atoms with Gasteiger partial charge in [-0.2, -0.15) is 0 Å². The number of hydrogen-bond acceptors (Lipinski definition) is 4. The maximum Gasteiger partial charge on any atom is 0.238 e. The molecule has 4 rings (SSSR count). The number of nitrogens with one attached hydrogen (secondary N) is 1. The summed E-state index contributed by atoms with van der Waals surface area (Å²) in [6, 6.07) is 12.2. The van der Waals surface area contributed by atoms with Crippen LogP contribution in [0.25, 0.3) is 0 Å². The zero-order chi connectivity index (χ0) is 19.7. The number of methoxy groups -OCH3 is 1. The molecule has 1 spiro atoms. The van der Waals surface area contributed by atoms with Gasteiger partial charge in [0.05, 0.1) is 13.7 Å². The highest BCUT2D eigenvalue weighted by Crippen LogP contribution is 2.40. The van der Waals surface area contributed by atoms with Crippen molar-refractivity contribution >= 4 is 23.2 Å². The zero-order valence-corrected chi connectivity index (χ0v) is 16.5. The van der Waals surface area contributed by atoms with Gasteiger partial charge in [0.15, 0.2) is 0 Å². The molecule has 0 aromatic heterocycles. The minimum atomic E-state index is -0.462. The second-order valence-electron chi connectivity index (χ2n) is 7.85. The molecule has 0 unspecified atom stereocenters. The minimum absolute atomic E-state index is 0.149. The fourth-order valence-electron chi connectivity index (χ4n) is 4.29. The van der Waals surface area contributed by atoms with Crippen LogP contribution in [-0.2, 0) is 11.3 Å². The highest BCUT2D eigenvalue weighted by molar-refractivity contribution is 6.30. The number of likely N-dealkylation sites (tertiary alicyclic amines) is 2. The van der Waals surface area contributed by atoms with E-state index in [4.69, 9.17) is 16.3 Å². The third kappa shape index (κ3) is 4.29. The third-order valence-electron chi connectivity index (χ3n) is 5.29. The molecular weight excluding hydrogens is 381 g/mol. The predicted octanol–water partition coefficient (Wildman–Crippen LogP) is 3.24. The Hall–Kier alpha value is -2.15. The molecule has 2 aromatic rings. The molecule has 148 valence electrons. The first kappa shape index (κ1) is 19.2. The summed E-state index contributed by atoms with van der Waals surface area (Å²) in [5, 5.41) is 2.98. The van der Waals surface area contributed by atoms with Crippen LogP contribution in [0.1, 0.15) is 5.56 Å². The lowest BCUT2D eigenvalue weighted by Gasteiger charge is -2.60. The van der Waals surface area contributed by atoms with E-state index < -0.39 is 5.82 Å². The van der Waals surface area contributed by atoms with Crippen molar-refractivity contribution in [2.75, 3.05) is 45.2 Å². The van der Waals surface area contributed by atoms with E-state index >= 15 is 0 Å². The molecule has 0 radical (unpaired) electrons. The standard InChI is InChI=1S/C21H23ClFN3O2/c1-28-19-4-2-3-15(5-19)9-25-11-21(12-25)13-26(14-21)10-20(27)24-18-7-16(22)6-17(23)8-18/h2-8H,9-14H2,1H3,(H,24,27). The molecule has 2 fully saturated rings. The van der Waals surface area contributed by atoms with Crippen molar-refractivity contribution < 1.29 is 13.9 Å². The summed E-state index contributed by atoms with van der Waals surface area (Å²) >= 11 is 5.82. The van der Waals surface area contributed by atoms with Gasteiger partial charge in [0.25, 0.3) is 0 Å². The number of ether oxygens (including phenoxy) is 1. The monoisotopic (exact) mass is 403 g/mol. The molecule has 5 nitrogen and oxygen atoms in total. The molecule has 1 amide bonds. The first-order valence-electron chi connectivity index (χ1n) is 9.27. The normalized spacial score (nSPS) is 18.4. The Labute approximate surface area is 169 Å². The number of carbonyl (C=O) groups is 1. The van der Waals surface area contributed by atoms with Crippen molar-refractivity contribution in [2.24, 2.45) is 5.41 Å². The van der Waals surface area contributed by atoms with Crippen molar-refractivity contribution in [3.05, 3.63) is 58.9 Å². The molecule has 2 aliphatic rings. The molecule has 0 aliphatic carbocycles. The highest BCUT2D eigenvalue weighted by Gasteiger charge is 2.51. The average molecular weight is 404 g/mol. The van der Waals surface area contributed by atoms with Gasteiger partial charge in [0.2, 0.25) is 5.91 Å². The summed E-state index contributed by atoms with van der Waals surface area (Å²) in [5.74, 6) is 0.272. The molecule has 28 heavy (non-hydrogen) atoms. The van der Waals surface area contributed by atoms with Crippen molar-refractivity contribution in [1.82, 2.24) is 9.80 Å². The lowest BCUT2D eigenvalue weighted by atomic mass is 9.72. The van der Waals surface area contributed by atoms with E-state index in [0.717, 1.165) is 38.5 Å². The zero-order valence-electron chi connectivity index (χ0n) is 15.8. The molecule has 2 aliphatic heterocycles. The number of rotatable bonds is 6. The van der Waals surface area contributed by atoms with Crippen LogP contribution >= 0.6 is 11.6 Å². The fourth-order valence-corrected chi connectivity index (χ4v) is 4.51. The summed E-state index contributed by atoms with van der Waals surface area (Å²) < 4.78 is 18.6. The molecule has 0 atom stereocenters. The maximum absolute atomic E-state index is 13.4. The third-order valence-corrected chi connectivity index (χ3v) is 5.51.